The molecular weight excluding hydrogens is 144 g/mol. The van der Waals surface area contributed by atoms with E-state index in [4.69, 9.17) is 0 Å². The van der Waals surface area contributed by atoms with Gasteiger partial charge in [0.05, 0.1) is 0 Å². The standard InChI is InChI=1S/C12H20/c1-5-12(6-2)10-8-7-9-11(3)4/h8-11H,5-6H2,1-4H3. The molecule has 0 nitrogen and oxygen atoms in total. The summed E-state index contributed by atoms with van der Waals surface area (Å²) in [5.74, 6) is 0.598. The van der Waals surface area contributed by atoms with Crippen molar-refractivity contribution in [3.8, 4) is 0 Å². The molecule has 0 aliphatic carbocycles. The van der Waals surface area contributed by atoms with Crippen LogP contribution in [0.15, 0.2) is 29.5 Å². The van der Waals surface area contributed by atoms with E-state index in [0.717, 1.165) is 12.8 Å². The number of hydrogen-bond acceptors (Lipinski definition) is 0. The monoisotopic (exact) mass is 164 g/mol. The van der Waals surface area contributed by atoms with Crippen LogP contribution in [0.25, 0.3) is 0 Å². The highest BCUT2D eigenvalue weighted by Crippen LogP contribution is 2.04. The van der Waals surface area contributed by atoms with Gasteiger partial charge in [-0.15, -0.1) is 5.73 Å². The van der Waals surface area contributed by atoms with Gasteiger partial charge in [0.2, 0.25) is 0 Å². The van der Waals surface area contributed by atoms with Gasteiger partial charge >= 0.3 is 0 Å². The van der Waals surface area contributed by atoms with E-state index < -0.39 is 0 Å². The van der Waals surface area contributed by atoms with Gasteiger partial charge in [0, 0.05) is 0 Å². The van der Waals surface area contributed by atoms with E-state index in [1.165, 1.54) is 5.57 Å². The first-order valence-corrected chi connectivity index (χ1v) is 4.81. The lowest BCUT2D eigenvalue weighted by Crippen LogP contribution is -1.75. The average molecular weight is 164 g/mol. The Morgan fingerprint density at radius 2 is 1.83 bits per heavy atom. The SMILES string of the molecule is CCC(=CC=C=CC(C)C)CC. The molecule has 0 atom stereocenters. The first-order valence-electron chi connectivity index (χ1n) is 4.81. The average Bonchev–Trinajstić information content (AvgIpc) is 2.04. The van der Waals surface area contributed by atoms with Crippen LogP contribution in [0.4, 0.5) is 0 Å². The third-order valence-corrected chi connectivity index (χ3v) is 1.75. The summed E-state index contributed by atoms with van der Waals surface area (Å²) in [5, 5.41) is 0. The Labute approximate surface area is 76.7 Å². The molecule has 0 aliphatic heterocycles. The van der Waals surface area contributed by atoms with Crippen LogP contribution in [0.1, 0.15) is 40.5 Å². The summed E-state index contributed by atoms with van der Waals surface area (Å²) in [6.45, 7) is 8.70. The van der Waals surface area contributed by atoms with E-state index in [9.17, 15) is 0 Å². The van der Waals surface area contributed by atoms with Gasteiger partial charge in [0.1, 0.15) is 0 Å². The quantitative estimate of drug-likeness (QED) is 0.433. The van der Waals surface area contributed by atoms with Crippen LogP contribution < -0.4 is 0 Å². The lowest BCUT2D eigenvalue weighted by molar-refractivity contribution is 0.833. The summed E-state index contributed by atoms with van der Waals surface area (Å²) in [7, 11) is 0. The molecule has 0 bridgehead atoms. The van der Waals surface area contributed by atoms with Crippen LogP contribution in [-0.4, -0.2) is 0 Å². The zero-order valence-electron chi connectivity index (χ0n) is 8.72. The molecule has 0 heterocycles. The van der Waals surface area contributed by atoms with Crippen molar-refractivity contribution in [2.75, 3.05) is 0 Å². The molecule has 0 fully saturated rings. The van der Waals surface area contributed by atoms with E-state index >= 15 is 0 Å². The fourth-order valence-electron chi connectivity index (χ4n) is 0.900. The predicted octanol–water partition coefficient (Wildman–Crippen LogP) is 4.10. The van der Waals surface area contributed by atoms with Gasteiger partial charge in [-0.3, -0.25) is 0 Å². The van der Waals surface area contributed by atoms with Crippen molar-refractivity contribution in [3.05, 3.63) is 29.5 Å². The van der Waals surface area contributed by atoms with Crippen LogP contribution in [0.5, 0.6) is 0 Å². The third-order valence-electron chi connectivity index (χ3n) is 1.75. The minimum Gasteiger partial charge on any atom is -0.125 e. The van der Waals surface area contributed by atoms with Crippen molar-refractivity contribution in [1.82, 2.24) is 0 Å². The first-order chi connectivity index (χ1) is 5.70. The Kier molecular flexibility index (Phi) is 6.51. The molecule has 0 aliphatic rings. The Balaban J connectivity index is 4.08. The lowest BCUT2D eigenvalue weighted by atomic mass is 10.1. The Hall–Kier alpha value is -0.740. The molecule has 0 heteroatoms. The van der Waals surface area contributed by atoms with Gasteiger partial charge in [-0.1, -0.05) is 39.3 Å². The summed E-state index contributed by atoms with van der Waals surface area (Å²) in [6.07, 6.45) is 8.56. The van der Waals surface area contributed by atoms with Gasteiger partial charge in [-0.05, 0) is 30.9 Å². The third kappa shape index (κ3) is 6.00. The maximum Gasteiger partial charge on any atom is -0.0204 e. The van der Waals surface area contributed by atoms with Gasteiger partial charge in [-0.25, -0.2) is 0 Å². The normalized spacial score (nSPS) is 9.08. The Morgan fingerprint density at radius 3 is 2.25 bits per heavy atom. The molecule has 0 amide bonds. The number of rotatable bonds is 4. The summed E-state index contributed by atoms with van der Waals surface area (Å²) in [6, 6.07) is 0. The van der Waals surface area contributed by atoms with Crippen LogP contribution in [-0.2, 0) is 0 Å². The molecule has 0 aromatic rings. The second-order valence-corrected chi connectivity index (χ2v) is 3.28. The van der Waals surface area contributed by atoms with Crippen molar-refractivity contribution < 1.29 is 0 Å². The van der Waals surface area contributed by atoms with Crippen molar-refractivity contribution in [2.45, 2.75) is 40.5 Å². The number of allylic oxidation sites excluding steroid dienone is 3. The largest absolute Gasteiger partial charge is 0.125 e. The highest BCUT2D eigenvalue weighted by atomic mass is 13.9. The molecular formula is C12H20. The summed E-state index contributed by atoms with van der Waals surface area (Å²) in [4.78, 5) is 0. The molecule has 68 valence electrons. The van der Waals surface area contributed by atoms with Crippen molar-refractivity contribution in [1.29, 1.82) is 0 Å². The molecule has 0 rings (SSSR count). The Morgan fingerprint density at radius 1 is 1.25 bits per heavy atom. The molecule has 0 spiro atoms. The minimum absolute atomic E-state index is 0.598. The van der Waals surface area contributed by atoms with Gasteiger partial charge in [0.25, 0.3) is 0 Å². The van der Waals surface area contributed by atoms with Crippen LogP contribution in [0, 0.1) is 5.92 Å². The lowest BCUT2D eigenvalue weighted by Gasteiger charge is -1.94. The van der Waals surface area contributed by atoms with Gasteiger partial charge in [0.15, 0.2) is 0 Å². The van der Waals surface area contributed by atoms with E-state index in [1.807, 2.05) is 6.08 Å². The van der Waals surface area contributed by atoms with E-state index in [0.29, 0.717) is 5.92 Å². The van der Waals surface area contributed by atoms with Crippen LogP contribution >= 0.6 is 0 Å². The zero-order chi connectivity index (χ0) is 9.40. The predicted molar refractivity (Wildman–Crippen MR) is 56.2 cm³/mol. The molecule has 12 heavy (non-hydrogen) atoms. The second-order valence-electron chi connectivity index (χ2n) is 3.28. The molecule has 0 saturated heterocycles. The minimum atomic E-state index is 0.598. The van der Waals surface area contributed by atoms with Crippen LogP contribution in [0.3, 0.4) is 0 Å². The second kappa shape index (κ2) is 6.94. The number of hydrogen-bond donors (Lipinski definition) is 0. The van der Waals surface area contributed by atoms with Gasteiger partial charge < -0.3 is 0 Å². The van der Waals surface area contributed by atoms with Crippen molar-refractivity contribution in [3.63, 3.8) is 0 Å². The smallest absolute Gasteiger partial charge is 0.0204 e. The molecule has 0 aromatic heterocycles. The first kappa shape index (κ1) is 11.3. The van der Waals surface area contributed by atoms with E-state index in [-0.39, 0.29) is 0 Å². The van der Waals surface area contributed by atoms with E-state index in [1.54, 1.807) is 0 Å². The Bertz CT molecular complexity index is 182. The molecule has 0 unspecified atom stereocenters. The van der Waals surface area contributed by atoms with Crippen LogP contribution in [0.2, 0.25) is 0 Å². The molecule has 0 radical (unpaired) electrons. The maximum absolute atomic E-state index is 3.16. The molecule has 0 saturated carbocycles. The summed E-state index contributed by atoms with van der Waals surface area (Å²) >= 11 is 0. The van der Waals surface area contributed by atoms with Gasteiger partial charge in [-0.2, -0.15) is 0 Å². The molecule has 0 N–H and O–H groups in total. The summed E-state index contributed by atoms with van der Waals surface area (Å²) < 4.78 is 0. The molecule has 0 aromatic carbocycles. The van der Waals surface area contributed by atoms with Crippen molar-refractivity contribution in [2.24, 2.45) is 5.92 Å². The van der Waals surface area contributed by atoms with E-state index in [2.05, 4.69) is 45.6 Å². The fourth-order valence-corrected chi connectivity index (χ4v) is 0.900. The highest BCUT2D eigenvalue weighted by molar-refractivity contribution is 5.11. The summed E-state index contributed by atoms with van der Waals surface area (Å²) in [5.41, 5.74) is 4.64. The van der Waals surface area contributed by atoms with Crippen molar-refractivity contribution >= 4 is 0 Å². The fraction of sp³-hybridized carbons (Fsp3) is 0.583. The topological polar surface area (TPSA) is 0 Å². The highest BCUT2D eigenvalue weighted by Gasteiger charge is 1.84. The zero-order valence-corrected chi connectivity index (χ0v) is 8.72. The maximum atomic E-state index is 3.16.